The molecule has 0 amide bonds. The summed E-state index contributed by atoms with van der Waals surface area (Å²) in [4.78, 5) is 1.98. The van der Waals surface area contributed by atoms with E-state index in [0.717, 1.165) is 26.3 Å². The Morgan fingerprint density at radius 1 is 1.13 bits per heavy atom. The van der Waals surface area contributed by atoms with Crippen LogP contribution in [-0.4, -0.2) is 36.2 Å². The van der Waals surface area contributed by atoms with Crippen LogP contribution >= 0.6 is 0 Å². The van der Waals surface area contributed by atoms with Gasteiger partial charge in [-0.2, -0.15) is 9.89 Å². The van der Waals surface area contributed by atoms with Crippen molar-refractivity contribution in [1.29, 1.82) is 0 Å². The Bertz CT molecular complexity index is 460. The highest BCUT2D eigenvalue weighted by atomic mass is 16.5. The summed E-state index contributed by atoms with van der Waals surface area (Å²) in [6, 6.07) is 8.26. The number of benzene rings is 1. The number of nitrogens with zero attached hydrogens (tertiary/aromatic N) is 3. The van der Waals surface area contributed by atoms with Gasteiger partial charge in [-0.1, -0.05) is 18.2 Å². The molecule has 0 N–H and O–H groups in total. The van der Waals surface area contributed by atoms with Gasteiger partial charge in [0.05, 0.1) is 38.0 Å². The van der Waals surface area contributed by atoms with Gasteiger partial charge in [-0.25, -0.2) is 0 Å². The second-order valence-corrected chi connectivity index (χ2v) is 3.66. The van der Waals surface area contributed by atoms with E-state index in [2.05, 4.69) is 22.2 Å². The van der Waals surface area contributed by atoms with Gasteiger partial charge in [0.25, 0.3) is 0 Å². The van der Waals surface area contributed by atoms with Gasteiger partial charge < -0.3 is 4.74 Å². The van der Waals surface area contributed by atoms with E-state index in [1.54, 1.807) is 0 Å². The van der Waals surface area contributed by atoms with Gasteiger partial charge in [-0.3, -0.25) is 5.01 Å². The van der Waals surface area contributed by atoms with Crippen LogP contribution in [0.2, 0.25) is 0 Å². The fourth-order valence-electron chi connectivity index (χ4n) is 1.93. The summed E-state index contributed by atoms with van der Waals surface area (Å²) in [5.41, 5.74) is 1.17. The topological polar surface area (TPSA) is 30.3 Å². The van der Waals surface area contributed by atoms with Crippen LogP contribution in [0.15, 0.2) is 30.5 Å². The van der Waals surface area contributed by atoms with Crippen molar-refractivity contribution < 1.29 is 4.74 Å². The lowest BCUT2D eigenvalue weighted by Gasteiger charge is -2.28. The maximum Gasteiger partial charge on any atom is 0.0920 e. The molecule has 2 heterocycles. The molecule has 0 radical (unpaired) electrons. The zero-order valence-corrected chi connectivity index (χ0v) is 8.47. The van der Waals surface area contributed by atoms with Crippen LogP contribution in [0.1, 0.15) is 0 Å². The van der Waals surface area contributed by atoms with Crippen molar-refractivity contribution in [3.8, 4) is 0 Å². The minimum absolute atomic E-state index is 0.786. The first-order valence-corrected chi connectivity index (χ1v) is 5.21. The fourth-order valence-corrected chi connectivity index (χ4v) is 1.93. The van der Waals surface area contributed by atoms with E-state index in [1.807, 2.05) is 23.1 Å². The molecule has 4 heteroatoms. The highest BCUT2D eigenvalue weighted by molar-refractivity contribution is 5.78. The van der Waals surface area contributed by atoms with Crippen LogP contribution < -0.4 is 5.01 Å². The number of ether oxygens (including phenoxy) is 1. The summed E-state index contributed by atoms with van der Waals surface area (Å²) in [5, 5.41) is 7.80. The SMILES string of the molecule is c1ccc2c(c1)cnn2N1CCOCC1. The molecule has 0 spiro atoms. The third-order valence-corrected chi connectivity index (χ3v) is 2.71. The molecule has 0 aliphatic carbocycles. The summed E-state index contributed by atoms with van der Waals surface area (Å²) in [7, 11) is 0. The van der Waals surface area contributed by atoms with Gasteiger partial charge >= 0.3 is 0 Å². The lowest BCUT2D eigenvalue weighted by Crippen LogP contribution is -2.44. The molecule has 4 nitrogen and oxygen atoms in total. The lowest BCUT2D eigenvalue weighted by molar-refractivity contribution is 0.110. The van der Waals surface area contributed by atoms with E-state index in [0.29, 0.717) is 0 Å². The lowest BCUT2D eigenvalue weighted by atomic mass is 10.3. The maximum absolute atomic E-state index is 5.33. The molecule has 0 unspecified atom stereocenters. The number of rotatable bonds is 1. The first-order chi connectivity index (χ1) is 7.45. The molecule has 2 aromatic rings. The quantitative estimate of drug-likeness (QED) is 0.692. The molecule has 0 bridgehead atoms. The standard InChI is InChI=1S/C11H13N3O/c1-2-4-11-10(3-1)9-12-14(11)13-5-7-15-8-6-13/h1-4,9H,5-8H2. The predicted octanol–water partition coefficient (Wildman–Crippen LogP) is 1.00. The summed E-state index contributed by atoms with van der Waals surface area (Å²) >= 11 is 0. The Hall–Kier alpha value is -1.55. The molecule has 1 aromatic carbocycles. The maximum atomic E-state index is 5.33. The molecule has 1 saturated heterocycles. The van der Waals surface area contributed by atoms with Crippen LogP contribution in [0.3, 0.4) is 0 Å². The summed E-state index contributed by atoms with van der Waals surface area (Å²) in [6.45, 7) is 3.39. The summed E-state index contributed by atoms with van der Waals surface area (Å²) in [5.74, 6) is 0. The zero-order valence-electron chi connectivity index (χ0n) is 8.47. The molecule has 15 heavy (non-hydrogen) atoms. The minimum Gasteiger partial charge on any atom is -0.378 e. The van der Waals surface area contributed by atoms with Crippen molar-refractivity contribution >= 4 is 10.9 Å². The minimum atomic E-state index is 0.786. The van der Waals surface area contributed by atoms with E-state index in [4.69, 9.17) is 4.74 Å². The van der Waals surface area contributed by atoms with Crippen LogP contribution in [-0.2, 0) is 4.74 Å². The van der Waals surface area contributed by atoms with E-state index in [-0.39, 0.29) is 0 Å². The van der Waals surface area contributed by atoms with Crippen molar-refractivity contribution in [1.82, 2.24) is 9.89 Å². The van der Waals surface area contributed by atoms with Crippen molar-refractivity contribution in [2.75, 3.05) is 31.3 Å². The average Bonchev–Trinajstić information content (AvgIpc) is 2.74. The summed E-state index contributed by atoms with van der Waals surface area (Å²) < 4.78 is 5.33. The molecule has 3 rings (SSSR count). The number of para-hydroxylation sites is 1. The van der Waals surface area contributed by atoms with Gasteiger partial charge in [0.1, 0.15) is 0 Å². The highest BCUT2D eigenvalue weighted by Gasteiger charge is 2.13. The fraction of sp³-hybridized carbons (Fsp3) is 0.364. The van der Waals surface area contributed by atoms with E-state index in [9.17, 15) is 0 Å². The second-order valence-electron chi connectivity index (χ2n) is 3.66. The smallest absolute Gasteiger partial charge is 0.0920 e. The van der Waals surface area contributed by atoms with Crippen LogP contribution in [0.25, 0.3) is 10.9 Å². The van der Waals surface area contributed by atoms with Gasteiger partial charge in [0.2, 0.25) is 0 Å². The first-order valence-electron chi connectivity index (χ1n) is 5.21. The Morgan fingerprint density at radius 2 is 1.93 bits per heavy atom. The van der Waals surface area contributed by atoms with E-state index in [1.165, 1.54) is 10.9 Å². The van der Waals surface area contributed by atoms with Crippen molar-refractivity contribution in [2.45, 2.75) is 0 Å². The predicted molar refractivity (Wildman–Crippen MR) is 58.5 cm³/mol. The van der Waals surface area contributed by atoms with Gasteiger partial charge in [-0.05, 0) is 6.07 Å². The van der Waals surface area contributed by atoms with E-state index >= 15 is 0 Å². The Labute approximate surface area is 88.0 Å². The Kier molecular flexibility index (Phi) is 2.07. The third-order valence-electron chi connectivity index (χ3n) is 2.71. The molecule has 0 saturated carbocycles. The largest absolute Gasteiger partial charge is 0.378 e. The molecule has 0 atom stereocenters. The molecular formula is C11H13N3O. The van der Waals surface area contributed by atoms with Gasteiger partial charge in [0, 0.05) is 5.39 Å². The van der Waals surface area contributed by atoms with Gasteiger partial charge in [-0.15, -0.1) is 0 Å². The Morgan fingerprint density at radius 3 is 2.80 bits per heavy atom. The second kappa shape index (κ2) is 3.55. The van der Waals surface area contributed by atoms with Crippen LogP contribution in [0, 0.1) is 0 Å². The van der Waals surface area contributed by atoms with Crippen LogP contribution in [0.5, 0.6) is 0 Å². The zero-order chi connectivity index (χ0) is 10.1. The van der Waals surface area contributed by atoms with Crippen LogP contribution in [0.4, 0.5) is 0 Å². The first kappa shape index (κ1) is 8.73. The van der Waals surface area contributed by atoms with Crippen molar-refractivity contribution in [3.63, 3.8) is 0 Å². The molecule has 1 aliphatic rings. The van der Waals surface area contributed by atoms with Gasteiger partial charge in [0.15, 0.2) is 0 Å². The third kappa shape index (κ3) is 1.47. The molecule has 1 aromatic heterocycles. The number of hydrogen-bond acceptors (Lipinski definition) is 3. The molecular weight excluding hydrogens is 190 g/mol. The number of hydrogen-bond donors (Lipinski definition) is 0. The normalized spacial score (nSPS) is 17.2. The monoisotopic (exact) mass is 203 g/mol. The van der Waals surface area contributed by atoms with E-state index < -0.39 is 0 Å². The number of morpholine rings is 1. The highest BCUT2D eigenvalue weighted by Crippen LogP contribution is 2.13. The number of fused-ring (bicyclic) bond motifs is 1. The van der Waals surface area contributed by atoms with Crippen molar-refractivity contribution in [2.24, 2.45) is 0 Å². The van der Waals surface area contributed by atoms with Crippen molar-refractivity contribution in [3.05, 3.63) is 30.5 Å². The summed E-state index contributed by atoms with van der Waals surface area (Å²) in [6.07, 6.45) is 1.91. The molecule has 78 valence electrons. The molecule has 1 fully saturated rings. The average molecular weight is 203 g/mol. The Balaban J connectivity index is 2.02. The number of aromatic nitrogens is 2. The molecule has 1 aliphatic heterocycles.